The van der Waals surface area contributed by atoms with Crippen molar-refractivity contribution in [2.75, 3.05) is 11.9 Å². The molecule has 1 atom stereocenters. The van der Waals surface area contributed by atoms with Gasteiger partial charge in [0.2, 0.25) is 11.8 Å². The summed E-state index contributed by atoms with van der Waals surface area (Å²) in [5, 5.41) is 8.48. The number of rotatable bonds is 2. The SMILES string of the molecule is O=C1CCC(C(=O)Nc2nc3c(s2)C(=O)NCCC3)N1. The van der Waals surface area contributed by atoms with Crippen LogP contribution in [0.15, 0.2) is 0 Å². The Morgan fingerprint density at radius 3 is 2.95 bits per heavy atom. The third-order valence-corrected chi connectivity index (χ3v) is 4.33. The maximum Gasteiger partial charge on any atom is 0.263 e. The number of aryl methyl sites for hydroxylation is 1. The molecule has 1 fully saturated rings. The Balaban J connectivity index is 1.72. The lowest BCUT2D eigenvalue weighted by Crippen LogP contribution is -2.37. The number of anilines is 1. The topological polar surface area (TPSA) is 100 Å². The van der Waals surface area contributed by atoms with Crippen LogP contribution in [0, 0.1) is 0 Å². The number of carbonyl (C=O) groups excluding carboxylic acids is 3. The second-order valence-electron chi connectivity index (χ2n) is 4.80. The Hall–Kier alpha value is -1.96. The van der Waals surface area contributed by atoms with Gasteiger partial charge in [0.15, 0.2) is 5.13 Å². The number of hydrogen-bond acceptors (Lipinski definition) is 5. The van der Waals surface area contributed by atoms with Gasteiger partial charge >= 0.3 is 0 Å². The number of nitrogens with one attached hydrogen (secondary N) is 3. The van der Waals surface area contributed by atoms with E-state index in [1.54, 1.807) is 0 Å². The molecule has 0 aliphatic carbocycles. The molecule has 0 bridgehead atoms. The lowest BCUT2D eigenvalue weighted by Gasteiger charge is -2.08. The number of thiazole rings is 1. The minimum Gasteiger partial charge on any atom is -0.351 e. The summed E-state index contributed by atoms with van der Waals surface area (Å²) in [6.45, 7) is 0.651. The fourth-order valence-electron chi connectivity index (χ4n) is 2.29. The van der Waals surface area contributed by atoms with Crippen LogP contribution in [-0.4, -0.2) is 35.3 Å². The van der Waals surface area contributed by atoms with Crippen molar-refractivity contribution in [3.8, 4) is 0 Å². The van der Waals surface area contributed by atoms with E-state index < -0.39 is 6.04 Å². The highest BCUT2D eigenvalue weighted by Gasteiger charge is 2.28. The molecule has 1 unspecified atom stereocenters. The molecule has 3 amide bonds. The van der Waals surface area contributed by atoms with Gasteiger partial charge in [-0.15, -0.1) is 0 Å². The lowest BCUT2D eigenvalue weighted by atomic mass is 10.2. The molecule has 3 heterocycles. The molecule has 106 valence electrons. The summed E-state index contributed by atoms with van der Waals surface area (Å²) < 4.78 is 0. The standard InChI is InChI=1S/C12H14N4O3S/c17-8-4-3-7(14-8)10(18)16-12-15-6-2-1-5-13-11(19)9(6)20-12/h7H,1-5H2,(H,13,19)(H,14,17)(H,15,16,18). The molecule has 8 heteroatoms. The minimum absolute atomic E-state index is 0.112. The largest absolute Gasteiger partial charge is 0.351 e. The van der Waals surface area contributed by atoms with Crippen LogP contribution in [0.3, 0.4) is 0 Å². The summed E-state index contributed by atoms with van der Waals surface area (Å²) in [4.78, 5) is 39.7. The molecular formula is C12H14N4O3S. The predicted molar refractivity (Wildman–Crippen MR) is 72.6 cm³/mol. The monoisotopic (exact) mass is 294 g/mol. The van der Waals surface area contributed by atoms with Crippen molar-refractivity contribution >= 4 is 34.2 Å². The maximum absolute atomic E-state index is 12.0. The molecule has 20 heavy (non-hydrogen) atoms. The first-order valence-electron chi connectivity index (χ1n) is 6.51. The summed E-state index contributed by atoms with van der Waals surface area (Å²) in [6, 6.07) is -0.500. The van der Waals surface area contributed by atoms with E-state index in [0.717, 1.165) is 18.5 Å². The third-order valence-electron chi connectivity index (χ3n) is 3.32. The molecular weight excluding hydrogens is 280 g/mol. The molecule has 0 spiro atoms. The van der Waals surface area contributed by atoms with E-state index in [9.17, 15) is 14.4 Å². The Morgan fingerprint density at radius 1 is 1.35 bits per heavy atom. The highest BCUT2D eigenvalue weighted by molar-refractivity contribution is 7.17. The summed E-state index contributed by atoms with van der Waals surface area (Å²) >= 11 is 1.18. The molecule has 2 aliphatic heterocycles. The molecule has 1 aromatic rings. The van der Waals surface area contributed by atoms with Crippen LogP contribution in [0.1, 0.15) is 34.6 Å². The number of carbonyl (C=O) groups is 3. The Morgan fingerprint density at radius 2 is 2.20 bits per heavy atom. The van der Waals surface area contributed by atoms with Gasteiger partial charge in [0.25, 0.3) is 5.91 Å². The van der Waals surface area contributed by atoms with Crippen LogP contribution in [0.5, 0.6) is 0 Å². The molecule has 1 aromatic heterocycles. The molecule has 2 aliphatic rings. The molecule has 0 saturated carbocycles. The molecule has 3 N–H and O–H groups in total. The lowest BCUT2D eigenvalue weighted by molar-refractivity contribution is -0.122. The van der Waals surface area contributed by atoms with Gasteiger partial charge in [-0.25, -0.2) is 4.98 Å². The van der Waals surface area contributed by atoms with Gasteiger partial charge in [-0.05, 0) is 19.3 Å². The van der Waals surface area contributed by atoms with Crippen molar-refractivity contribution < 1.29 is 14.4 Å². The van der Waals surface area contributed by atoms with Crippen molar-refractivity contribution in [2.24, 2.45) is 0 Å². The van der Waals surface area contributed by atoms with Crippen LogP contribution in [0.25, 0.3) is 0 Å². The normalized spacial score (nSPS) is 21.7. The van der Waals surface area contributed by atoms with E-state index in [0.29, 0.717) is 29.4 Å². The quantitative estimate of drug-likeness (QED) is 0.716. The van der Waals surface area contributed by atoms with Crippen molar-refractivity contribution in [1.82, 2.24) is 15.6 Å². The first kappa shape index (κ1) is 13.0. The zero-order valence-corrected chi connectivity index (χ0v) is 11.5. The average Bonchev–Trinajstić information content (AvgIpc) is 2.97. The van der Waals surface area contributed by atoms with E-state index in [2.05, 4.69) is 20.9 Å². The predicted octanol–water partition coefficient (Wildman–Crippen LogP) is 0.0362. The molecule has 0 aromatic carbocycles. The maximum atomic E-state index is 12.0. The van der Waals surface area contributed by atoms with Crippen LogP contribution in [-0.2, 0) is 16.0 Å². The number of nitrogens with zero attached hydrogens (tertiary/aromatic N) is 1. The molecule has 1 saturated heterocycles. The highest BCUT2D eigenvalue weighted by Crippen LogP contribution is 2.26. The van der Waals surface area contributed by atoms with Crippen molar-refractivity contribution in [1.29, 1.82) is 0 Å². The van der Waals surface area contributed by atoms with E-state index >= 15 is 0 Å². The number of aromatic nitrogens is 1. The van der Waals surface area contributed by atoms with Crippen molar-refractivity contribution in [3.63, 3.8) is 0 Å². The number of amides is 3. The zero-order valence-electron chi connectivity index (χ0n) is 10.7. The van der Waals surface area contributed by atoms with Crippen LogP contribution in [0.4, 0.5) is 5.13 Å². The smallest absolute Gasteiger partial charge is 0.263 e. The summed E-state index contributed by atoms with van der Waals surface area (Å²) in [5.41, 5.74) is 0.732. The Labute approximate surface area is 119 Å². The first-order valence-corrected chi connectivity index (χ1v) is 7.33. The van der Waals surface area contributed by atoms with Crippen LogP contribution < -0.4 is 16.0 Å². The van der Waals surface area contributed by atoms with E-state index in [1.807, 2.05) is 0 Å². The van der Waals surface area contributed by atoms with Gasteiger partial charge in [0.05, 0.1) is 5.69 Å². The molecule has 3 rings (SSSR count). The van der Waals surface area contributed by atoms with E-state index in [-0.39, 0.29) is 17.7 Å². The second kappa shape index (κ2) is 5.20. The summed E-state index contributed by atoms with van der Waals surface area (Å²) in [5.74, 6) is -0.524. The fourth-order valence-corrected chi connectivity index (χ4v) is 3.22. The van der Waals surface area contributed by atoms with Gasteiger partial charge in [-0.2, -0.15) is 0 Å². The van der Waals surface area contributed by atoms with Gasteiger partial charge in [-0.1, -0.05) is 11.3 Å². The van der Waals surface area contributed by atoms with Crippen LogP contribution in [0.2, 0.25) is 0 Å². The second-order valence-corrected chi connectivity index (χ2v) is 5.80. The molecule has 7 nitrogen and oxygen atoms in total. The average molecular weight is 294 g/mol. The first-order chi connectivity index (χ1) is 9.63. The Kier molecular flexibility index (Phi) is 3.39. The third kappa shape index (κ3) is 2.51. The van der Waals surface area contributed by atoms with Crippen molar-refractivity contribution in [3.05, 3.63) is 10.6 Å². The van der Waals surface area contributed by atoms with Crippen molar-refractivity contribution in [2.45, 2.75) is 31.7 Å². The minimum atomic E-state index is -0.500. The van der Waals surface area contributed by atoms with Gasteiger partial charge in [0.1, 0.15) is 10.9 Å². The molecule has 0 radical (unpaired) electrons. The fraction of sp³-hybridized carbons (Fsp3) is 0.500. The van der Waals surface area contributed by atoms with Crippen LogP contribution >= 0.6 is 11.3 Å². The zero-order chi connectivity index (χ0) is 14.1. The summed E-state index contributed by atoms with van der Waals surface area (Å²) in [7, 11) is 0. The van der Waals surface area contributed by atoms with Gasteiger partial charge < -0.3 is 16.0 Å². The van der Waals surface area contributed by atoms with E-state index in [4.69, 9.17) is 0 Å². The van der Waals surface area contributed by atoms with Gasteiger partial charge in [0, 0.05) is 13.0 Å². The van der Waals surface area contributed by atoms with E-state index in [1.165, 1.54) is 11.3 Å². The summed E-state index contributed by atoms with van der Waals surface area (Å²) in [6.07, 6.45) is 2.43. The number of fused-ring (bicyclic) bond motifs is 1. The highest BCUT2D eigenvalue weighted by atomic mass is 32.1. The van der Waals surface area contributed by atoms with Gasteiger partial charge in [-0.3, -0.25) is 14.4 Å². The number of hydrogen-bond donors (Lipinski definition) is 3. The Bertz CT molecular complexity index is 583.